The summed E-state index contributed by atoms with van der Waals surface area (Å²) >= 11 is 0. The Morgan fingerprint density at radius 2 is 1.62 bits per heavy atom. The summed E-state index contributed by atoms with van der Waals surface area (Å²) in [5, 5.41) is 5.00. The normalized spacial score (nSPS) is 13.0. The molecule has 2 N–H and O–H groups in total. The number of aryl methyl sites for hydroxylation is 1. The quantitative estimate of drug-likeness (QED) is 0.411. The molecule has 1 atom stereocenters. The number of likely N-dealkylation sites (N-methyl/N-ethyl adjacent to an activating group) is 1. The lowest BCUT2D eigenvalue weighted by Crippen LogP contribution is -2.46. The van der Waals surface area contributed by atoms with Crippen LogP contribution in [-0.4, -0.2) is 59.7 Å². The van der Waals surface area contributed by atoms with Gasteiger partial charge in [-0.15, -0.1) is 0 Å². The van der Waals surface area contributed by atoms with Crippen molar-refractivity contribution >= 4 is 20.8 Å². The third-order valence-corrected chi connectivity index (χ3v) is 6.85. The van der Waals surface area contributed by atoms with Crippen LogP contribution in [-0.2, 0) is 21.4 Å². The van der Waals surface area contributed by atoms with E-state index in [2.05, 4.69) is 14.9 Å². The van der Waals surface area contributed by atoms with Crippen LogP contribution in [0.3, 0.4) is 0 Å². The van der Waals surface area contributed by atoms with E-state index in [4.69, 9.17) is 4.74 Å². The summed E-state index contributed by atoms with van der Waals surface area (Å²) < 4.78 is 35.4. The molecule has 0 spiro atoms. The highest BCUT2D eigenvalue weighted by atomic mass is 32.2. The van der Waals surface area contributed by atoms with Gasteiger partial charge in [-0.2, -0.15) is 0 Å². The van der Waals surface area contributed by atoms with E-state index in [-0.39, 0.29) is 6.61 Å². The van der Waals surface area contributed by atoms with Gasteiger partial charge in [-0.3, -0.25) is 0 Å². The largest absolute Gasteiger partial charge is 0.375 e. The second-order valence-electron chi connectivity index (χ2n) is 8.25. The fourth-order valence-corrected chi connectivity index (χ4v) is 4.98. The number of hydrogen-bond acceptors (Lipinski definition) is 5. The third kappa shape index (κ3) is 6.85. The highest BCUT2D eigenvalue weighted by Gasteiger charge is 2.22. The van der Waals surface area contributed by atoms with Crippen LogP contribution in [0.5, 0.6) is 0 Å². The number of fused-ring (bicyclic) bond motifs is 1. The molecule has 7 heteroatoms. The van der Waals surface area contributed by atoms with Crippen molar-refractivity contribution in [3.8, 4) is 0 Å². The third-order valence-electron chi connectivity index (χ3n) is 5.27. The summed E-state index contributed by atoms with van der Waals surface area (Å²) in [5.74, 6) is 0. The average molecular weight is 456 g/mol. The van der Waals surface area contributed by atoms with Gasteiger partial charge in [-0.1, -0.05) is 60.7 Å². The lowest BCUT2D eigenvalue weighted by Gasteiger charge is -2.21. The molecular formula is C25H33N3O3S. The molecule has 0 aliphatic rings. The first-order chi connectivity index (χ1) is 15.4. The topological polar surface area (TPSA) is 70.7 Å². The highest BCUT2D eigenvalue weighted by molar-refractivity contribution is 7.89. The molecule has 6 nitrogen and oxygen atoms in total. The zero-order valence-electron chi connectivity index (χ0n) is 19.0. The Hall–Kier alpha value is -2.29. The highest BCUT2D eigenvalue weighted by Crippen LogP contribution is 2.25. The number of nitrogens with zero attached hydrogens (tertiary/aromatic N) is 1. The van der Waals surface area contributed by atoms with Gasteiger partial charge in [-0.25, -0.2) is 13.1 Å². The summed E-state index contributed by atoms with van der Waals surface area (Å²) in [6.07, 6.45) is 0. The predicted octanol–water partition coefficient (Wildman–Crippen LogP) is 3.16. The fourth-order valence-electron chi connectivity index (χ4n) is 3.55. The molecule has 0 heterocycles. The van der Waals surface area contributed by atoms with Gasteiger partial charge in [0.25, 0.3) is 0 Å². The van der Waals surface area contributed by atoms with Crippen molar-refractivity contribution in [1.82, 2.24) is 14.9 Å². The molecule has 3 aromatic rings. The van der Waals surface area contributed by atoms with Crippen molar-refractivity contribution in [2.24, 2.45) is 0 Å². The van der Waals surface area contributed by atoms with Crippen LogP contribution in [0, 0.1) is 6.92 Å². The molecule has 0 saturated carbocycles. The van der Waals surface area contributed by atoms with E-state index in [0.717, 1.165) is 35.0 Å². The van der Waals surface area contributed by atoms with E-state index in [9.17, 15) is 8.42 Å². The van der Waals surface area contributed by atoms with Crippen LogP contribution in [0.2, 0.25) is 0 Å². The van der Waals surface area contributed by atoms with Crippen molar-refractivity contribution < 1.29 is 13.2 Å². The number of sulfonamides is 1. The Labute approximate surface area is 191 Å². The van der Waals surface area contributed by atoms with Crippen LogP contribution in [0.25, 0.3) is 10.8 Å². The Morgan fingerprint density at radius 1 is 0.938 bits per heavy atom. The van der Waals surface area contributed by atoms with Crippen LogP contribution < -0.4 is 10.0 Å². The van der Waals surface area contributed by atoms with Crippen LogP contribution in [0.15, 0.2) is 71.6 Å². The zero-order chi connectivity index (χ0) is 23.0. The minimum absolute atomic E-state index is 0.271. The van der Waals surface area contributed by atoms with Gasteiger partial charge in [0.2, 0.25) is 10.0 Å². The van der Waals surface area contributed by atoms with Gasteiger partial charge < -0.3 is 15.0 Å². The summed E-state index contributed by atoms with van der Waals surface area (Å²) in [5.41, 5.74) is 2.10. The van der Waals surface area contributed by atoms with E-state index in [1.807, 2.05) is 81.7 Å². The standard InChI is InChI=1S/C25H33N3O3S/c1-20-13-14-25(24-12-8-7-11-23(20)24)32(29,30)27-22(17-26-15-16-28(2)3)19-31-18-21-9-5-4-6-10-21/h4-14,22,26-27H,15-19H2,1-3H3/t22-/m0/s1. The smallest absolute Gasteiger partial charge is 0.241 e. The molecule has 32 heavy (non-hydrogen) atoms. The molecular weight excluding hydrogens is 422 g/mol. The lowest BCUT2D eigenvalue weighted by molar-refractivity contribution is 0.104. The molecule has 0 aliphatic carbocycles. The van der Waals surface area contributed by atoms with Gasteiger partial charge in [-0.05, 0) is 43.6 Å². The average Bonchev–Trinajstić information content (AvgIpc) is 2.77. The maximum Gasteiger partial charge on any atom is 0.241 e. The molecule has 3 aromatic carbocycles. The summed E-state index contributed by atoms with van der Waals surface area (Å²) in [4.78, 5) is 2.37. The van der Waals surface area contributed by atoms with Gasteiger partial charge >= 0.3 is 0 Å². The monoisotopic (exact) mass is 455 g/mol. The first kappa shape index (κ1) is 24.4. The van der Waals surface area contributed by atoms with E-state index in [0.29, 0.717) is 18.0 Å². The number of rotatable bonds is 12. The summed E-state index contributed by atoms with van der Waals surface area (Å²) in [6, 6.07) is 20.6. The first-order valence-corrected chi connectivity index (χ1v) is 12.3. The SMILES string of the molecule is Cc1ccc(S(=O)(=O)N[C@@H](CNCCN(C)C)COCc2ccccc2)c2ccccc12. The molecule has 3 rings (SSSR count). The second-order valence-corrected chi connectivity index (χ2v) is 9.93. The maximum absolute atomic E-state index is 13.3. The molecule has 0 unspecified atom stereocenters. The summed E-state index contributed by atoms with van der Waals surface area (Å²) in [7, 11) is 0.283. The Morgan fingerprint density at radius 3 is 2.34 bits per heavy atom. The van der Waals surface area contributed by atoms with Crippen molar-refractivity contribution in [3.05, 3.63) is 77.9 Å². The second kappa shape index (κ2) is 11.5. The molecule has 0 fully saturated rings. The van der Waals surface area contributed by atoms with E-state index in [1.54, 1.807) is 6.07 Å². The molecule has 172 valence electrons. The van der Waals surface area contributed by atoms with Gasteiger partial charge in [0, 0.05) is 25.0 Å². The van der Waals surface area contributed by atoms with E-state index >= 15 is 0 Å². The van der Waals surface area contributed by atoms with Crippen LogP contribution in [0.4, 0.5) is 0 Å². The molecule has 0 bridgehead atoms. The van der Waals surface area contributed by atoms with Gasteiger partial charge in [0.05, 0.1) is 24.2 Å². The number of hydrogen-bond donors (Lipinski definition) is 2. The van der Waals surface area contributed by atoms with Crippen molar-refractivity contribution in [1.29, 1.82) is 0 Å². The molecule has 0 aromatic heterocycles. The maximum atomic E-state index is 13.3. The zero-order valence-corrected chi connectivity index (χ0v) is 19.9. The first-order valence-electron chi connectivity index (χ1n) is 10.8. The minimum Gasteiger partial charge on any atom is -0.375 e. The summed E-state index contributed by atoms with van der Waals surface area (Å²) in [6.45, 7) is 4.80. The Bertz CT molecular complexity index is 1100. The molecule has 0 amide bonds. The van der Waals surface area contributed by atoms with Gasteiger partial charge in [0.15, 0.2) is 0 Å². The number of nitrogens with one attached hydrogen (secondary N) is 2. The van der Waals surface area contributed by atoms with Gasteiger partial charge in [0.1, 0.15) is 0 Å². The number of ether oxygens (including phenoxy) is 1. The molecule has 0 radical (unpaired) electrons. The van der Waals surface area contributed by atoms with Crippen molar-refractivity contribution in [2.45, 2.75) is 24.5 Å². The Kier molecular flexibility index (Phi) is 8.78. The molecule has 0 aliphatic heterocycles. The van der Waals surface area contributed by atoms with E-state index in [1.165, 1.54) is 0 Å². The van der Waals surface area contributed by atoms with Crippen molar-refractivity contribution in [2.75, 3.05) is 40.3 Å². The van der Waals surface area contributed by atoms with Crippen LogP contribution >= 0.6 is 0 Å². The predicted molar refractivity (Wildman–Crippen MR) is 130 cm³/mol. The van der Waals surface area contributed by atoms with E-state index < -0.39 is 16.1 Å². The van der Waals surface area contributed by atoms with Crippen molar-refractivity contribution in [3.63, 3.8) is 0 Å². The van der Waals surface area contributed by atoms with Crippen LogP contribution in [0.1, 0.15) is 11.1 Å². The minimum atomic E-state index is -3.73. The lowest BCUT2D eigenvalue weighted by atomic mass is 10.1. The molecule has 0 saturated heterocycles. The Balaban J connectivity index is 1.73. The number of benzene rings is 3. The fraction of sp³-hybridized carbons (Fsp3) is 0.360.